The first-order chi connectivity index (χ1) is 15.8. The van der Waals surface area contributed by atoms with Gasteiger partial charge < -0.3 is 10.2 Å². The van der Waals surface area contributed by atoms with Crippen LogP contribution in [0.25, 0.3) is 0 Å². The van der Waals surface area contributed by atoms with Gasteiger partial charge in [-0.3, -0.25) is 9.69 Å². The summed E-state index contributed by atoms with van der Waals surface area (Å²) >= 11 is 0. The monoisotopic (exact) mass is 457 g/mol. The zero-order chi connectivity index (χ0) is 23.5. The van der Waals surface area contributed by atoms with Crippen molar-refractivity contribution in [3.63, 3.8) is 0 Å². The number of hydrogen-bond donors (Lipinski definition) is 1. The Bertz CT molecular complexity index is 1200. The predicted molar refractivity (Wildman–Crippen MR) is 115 cm³/mol. The molecule has 0 saturated carbocycles. The molecule has 0 bridgehead atoms. The van der Waals surface area contributed by atoms with Gasteiger partial charge in [0.1, 0.15) is 17.2 Å². The van der Waals surface area contributed by atoms with E-state index in [4.69, 9.17) is 0 Å². The van der Waals surface area contributed by atoms with Crippen LogP contribution in [0, 0.1) is 23.3 Å². The van der Waals surface area contributed by atoms with E-state index in [1.165, 1.54) is 28.0 Å². The molecular weight excluding hydrogens is 438 g/mol. The Morgan fingerprint density at radius 1 is 0.848 bits per heavy atom. The highest BCUT2D eigenvalue weighted by atomic mass is 19.2. The molecule has 4 rings (SSSR count). The zero-order valence-electron chi connectivity index (χ0n) is 17.3. The van der Waals surface area contributed by atoms with Crippen LogP contribution >= 0.6 is 0 Å². The highest BCUT2D eigenvalue weighted by molar-refractivity contribution is 6.05. The van der Waals surface area contributed by atoms with Gasteiger partial charge in [0.2, 0.25) is 0 Å². The lowest BCUT2D eigenvalue weighted by atomic mass is 10.1. The van der Waals surface area contributed by atoms with Gasteiger partial charge in [-0.2, -0.15) is 0 Å². The Morgan fingerprint density at radius 3 is 2.30 bits per heavy atom. The fourth-order valence-electron chi connectivity index (χ4n) is 3.69. The zero-order valence-corrected chi connectivity index (χ0v) is 17.3. The fourth-order valence-corrected chi connectivity index (χ4v) is 3.69. The van der Waals surface area contributed by atoms with Crippen molar-refractivity contribution in [3.8, 4) is 0 Å². The van der Waals surface area contributed by atoms with Crippen LogP contribution in [0.5, 0.6) is 0 Å². The van der Waals surface area contributed by atoms with Gasteiger partial charge in [0.25, 0.3) is 5.91 Å². The lowest BCUT2D eigenvalue weighted by molar-refractivity contribution is 0.101. The fraction of sp³-hybridized carbons (Fsp3) is 0.167. The van der Waals surface area contributed by atoms with Gasteiger partial charge >= 0.3 is 6.03 Å². The molecule has 0 spiro atoms. The molecule has 0 atom stereocenters. The van der Waals surface area contributed by atoms with Crippen molar-refractivity contribution < 1.29 is 27.2 Å². The second kappa shape index (κ2) is 9.32. The Balaban J connectivity index is 1.50. The van der Waals surface area contributed by atoms with Crippen LogP contribution in [0.2, 0.25) is 0 Å². The summed E-state index contributed by atoms with van der Waals surface area (Å²) in [5.41, 5.74) is 0.485. The molecule has 0 unspecified atom stereocenters. The Morgan fingerprint density at radius 2 is 1.58 bits per heavy atom. The molecule has 1 heterocycles. The highest BCUT2D eigenvalue weighted by Gasteiger charge is 2.27. The Kier molecular flexibility index (Phi) is 6.30. The van der Waals surface area contributed by atoms with Gasteiger partial charge in [-0.05, 0) is 54.4 Å². The summed E-state index contributed by atoms with van der Waals surface area (Å²) in [6, 6.07) is 12.6. The molecule has 170 valence electrons. The molecule has 33 heavy (non-hydrogen) atoms. The molecule has 1 fully saturated rings. The van der Waals surface area contributed by atoms with Gasteiger partial charge in [0.15, 0.2) is 11.6 Å². The van der Waals surface area contributed by atoms with Gasteiger partial charge in [-0.15, -0.1) is 0 Å². The smallest absolute Gasteiger partial charge is 0.322 e. The molecule has 1 saturated heterocycles. The van der Waals surface area contributed by atoms with Crippen LogP contribution in [0.3, 0.4) is 0 Å². The summed E-state index contributed by atoms with van der Waals surface area (Å²) < 4.78 is 54.5. The van der Waals surface area contributed by atoms with E-state index in [2.05, 4.69) is 5.32 Å². The molecule has 0 aliphatic carbocycles. The molecule has 5 nitrogen and oxygen atoms in total. The molecule has 1 aliphatic heterocycles. The minimum Gasteiger partial charge on any atom is -0.322 e. The summed E-state index contributed by atoms with van der Waals surface area (Å²) in [6.45, 7) is 0.958. The van der Waals surface area contributed by atoms with Crippen molar-refractivity contribution in [3.05, 3.63) is 95.1 Å². The molecule has 3 aromatic rings. The first-order valence-electron chi connectivity index (χ1n) is 10.2. The third-order valence-corrected chi connectivity index (χ3v) is 5.27. The number of nitrogens with one attached hydrogen (secondary N) is 1. The summed E-state index contributed by atoms with van der Waals surface area (Å²) in [5, 5.41) is 2.45. The van der Waals surface area contributed by atoms with Crippen molar-refractivity contribution in [1.82, 2.24) is 4.90 Å². The Hall–Kier alpha value is -3.88. The molecule has 0 radical (unpaired) electrons. The van der Waals surface area contributed by atoms with E-state index in [0.717, 1.165) is 30.3 Å². The molecular formula is C24H19F4N3O2. The van der Waals surface area contributed by atoms with Crippen molar-refractivity contribution in [2.45, 2.75) is 13.0 Å². The summed E-state index contributed by atoms with van der Waals surface area (Å²) in [7, 11) is 0. The van der Waals surface area contributed by atoms with E-state index in [1.54, 1.807) is 12.1 Å². The lowest BCUT2D eigenvalue weighted by Crippen LogP contribution is -2.49. The second-order valence-corrected chi connectivity index (χ2v) is 7.56. The topological polar surface area (TPSA) is 52.7 Å². The number of rotatable bonds is 5. The number of halogens is 4. The van der Waals surface area contributed by atoms with Crippen molar-refractivity contribution in [2.75, 3.05) is 23.3 Å². The standard InChI is InChI=1S/C24H19F4N3O2/c25-18-9-8-15(12-21(18)28)14-30-10-3-11-31(24(30)33)17-5-1-4-16(13-17)29-23(32)22-19(26)6-2-7-20(22)27/h1-2,4-9,12-13H,3,10-11,14H2,(H,29,32). The minimum absolute atomic E-state index is 0.107. The van der Waals surface area contributed by atoms with E-state index in [-0.39, 0.29) is 18.3 Å². The first-order valence-corrected chi connectivity index (χ1v) is 10.2. The second-order valence-electron chi connectivity index (χ2n) is 7.56. The molecule has 3 aromatic carbocycles. The maximum atomic E-state index is 13.9. The first kappa shape index (κ1) is 22.3. The van der Waals surface area contributed by atoms with Crippen LogP contribution in [0.15, 0.2) is 60.7 Å². The average Bonchev–Trinajstić information content (AvgIpc) is 2.78. The molecule has 1 aliphatic rings. The average molecular weight is 457 g/mol. The van der Waals surface area contributed by atoms with Crippen LogP contribution < -0.4 is 10.2 Å². The maximum Gasteiger partial charge on any atom is 0.324 e. The van der Waals surface area contributed by atoms with Crippen molar-refractivity contribution in [2.24, 2.45) is 0 Å². The Labute approximate surface area is 187 Å². The van der Waals surface area contributed by atoms with Crippen LogP contribution in [0.4, 0.5) is 33.7 Å². The number of urea groups is 1. The van der Waals surface area contributed by atoms with Crippen molar-refractivity contribution >= 4 is 23.3 Å². The SMILES string of the molecule is O=C(Nc1cccc(N2CCCN(Cc3ccc(F)c(F)c3)C2=O)c1)c1c(F)cccc1F. The third-order valence-electron chi connectivity index (χ3n) is 5.27. The number of carbonyl (C=O) groups is 2. The van der Waals surface area contributed by atoms with E-state index >= 15 is 0 Å². The largest absolute Gasteiger partial charge is 0.324 e. The molecule has 3 amide bonds. The van der Waals surface area contributed by atoms with E-state index in [0.29, 0.717) is 30.8 Å². The van der Waals surface area contributed by atoms with E-state index in [9.17, 15) is 27.2 Å². The maximum absolute atomic E-state index is 13.9. The van der Waals surface area contributed by atoms with Gasteiger partial charge in [-0.1, -0.05) is 18.2 Å². The van der Waals surface area contributed by atoms with Gasteiger partial charge in [0, 0.05) is 31.0 Å². The molecule has 0 aromatic heterocycles. The quantitative estimate of drug-likeness (QED) is 0.527. The summed E-state index contributed by atoms with van der Waals surface area (Å²) in [5.74, 6) is -4.86. The van der Waals surface area contributed by atoms with E-state index < -0.39 is 34.7 Å². The number of carbonyl (C=O) groups excluding carboxylic acids is 2. The number of hydrogen-bond acceptors (Lipinski definition) is 2. The van der Waals surface area contributed by atoms with Gasteiger partial charge in [0.05, 0.1) is 0 Å². The lowest BCUT2D eigenvalue weighted by Gasteiger charge is -2.36. The van der Waals surface area contributed by atoms with Crippen LogP contribution in [0.1, 0.15) is 22.3 Å². The van der Waals surface area contributed by atoms with Crippen LogP contribution in [-0.4, -0.2) is 29.9 Å². The third kappa shape index (κ3) is 4.82. The molecule has 1 N–H and O–H groups in total. The number of anilines is 2. The van der Waals surface area contributed by atoms with E-state index in [1.807, 2.05) is 0 Å². The summed E-state index contributed by atoms with van der Waals surface area (Å²) in [6.07, 6.45) is 0.631. The molecule has 9 heteroatoms. The highest BCUT2D eigenvalue weighted by Crippen LogP contribution is 2.25. The normalized spacial score (nSPS) is 13.9. The van der Waals surface area contributed by atoms with Gasteiger partial charge in [-0.25, -0.2) is 22.4 Å². The predicted octanol–water partition coefficient (Wildman–Crippen LogP) is 5.33. The number of benzene rings is 3. The van der Waals surface area contributed by atoms with Crippen LogP contribution in [-0.2, 0) is 6.54 Å². The number of amides is 3. The summed E-state index contributed by atoms with van der Waals surface area (Å²) in [4.78, 5) is 28.4. The van der Waals surface area contributed by atoms with Crippen molar-refractivity contribution in [1.29, 1.82) is 0 Å². The number of nitrogens with zero attached hydrogens (tertiary/aromatic N) is 2. The minimum atomic E-state index is -0.984.